The van der Waals surface area contributed by atoms with Crippen molar-refractivity contribution in [3.8, 4) is 11.5 Å². The number of amides is 1. The predicted molar refractivity (Wildman–Crippen MR) is 94.5 cm³/mol. The molecular formula is C19H17F2NO5. The Morgan fingerprint density at radius 3 is 2.52 bits per heavy atom. The van der Waals surface area contributed by atoms with E-state index in [4.69, 9.17) is 14.2 Å². The number of nitrogens with one attached hydrogen (secondary N) is 1. The Labute approximate surface area is 154 Å². The van der Waals surface area contributed by atoms with Crippen LogP contribution in [0.25, 0.3) is 6.08 Å². The molecular weight excluding hydrogens is 360 g/mol. The molecule has 1 N–H and O–H groups in total. The lowest BCUT2D eigenvalue weighted by molar-refractivity contribution is -0.142. The molecule has 6 nitrogen and oxygen atoms in total. The third-order valence-electron chi connectivity index (χ3n) is 3.38. The van der Waals surface area contributed by atoms with E-state index in [0.717, 1.165) is 18.2 Å². The zero-order valence-electron chi connectivity index (χ0n) is 14.6. The summed E-state index contributed by atoms with van der Waals surface area (Å²) < 4.78 is 41.1. The van der Waals surface area contributed by atoms with Gasteiger partial charge in [0.05, 0.1) is 14.2 Å². The number of methoxy groups -OCH3 is 2. The molecule has 0 aliphatic carbocycles. The van der Waals surface area contributed by atoms with Crippen LogP contribution in [0.15, 0.2) is 42.5 Å². The van der Waals surface area contributed by atoms with E-state index in [9.17, 15) is 18.4 Å². The van der Waals surface area contributed by atoms with Gasteiger partial charge in [0, 0.05) is 23.4 Å². The summed E-state index contributed by atoms with van der Waals surface area (Å²) in [5.41, 5.74) is 0.631. The maximum absolute atomic E-state index is 13.1. The van der Waals surface area contributed by atoms with E-state index >= 15 is 0 Å². The first-order valence-electron chi connectivity index (χ1n) is 7.75. The molecule has 27 heavy (non-hydrogen) atoms. The molecule has 0 spiro atoms. The predicted octanol–water partition coefficient (Wildman–Crippen LogP) is 3.18. The Balaban J connectivity index is 1.91. The minimum atomic E-state index is -1.10. The number of benzene rings is 2. The van der Waals surface area contributed by atoms with Gasteiger partial charge in [-0.25, -0.2) is 13.6 Å². The fourth-order valence-electron chi connectivity index (χ4n) is 2.16. The van der Waals surface area contributed by atoms with Gasteiger partial charge in [0.15, 0.2) is 29.7 Å². The number of halogens is 2. The van der Waals surface area contributed by atoms with Crippen molar-refractivity contribution in [3.05, 3.63) is 59.7 Å². The molecule has 1 amide bonds. The molecule has 0 unspecified atom stereocenters. The summed E-state index contributed by atoms with van der Waals surface area (Å²) in [5, 5.41) is 2.29. The number of ether oxygens (including phenoxy) is 3. The SMILES string of the molecule is COc1cccc(/C=C/C(=O)OCC(=O)Nc2ccc(F)c(F)c2)c1OC. The summed E-state index contributed by atoms with van der Waals surface area (Å²) in [6.07, 6.45) is 2.58. The van der Waals surface area contributed by atoms with E-state index < -0.39 is 30.1 Å². The fraction of sp³-hybridized carbons (Fsp3) is 0.158. The van der Waals surface area contributed by atoms with Crippen LogP contribution in [-0.2, 0) is 14.3 Å². The summed E-state index contributed by atoms with van der Waals surface area (Å²) in [6.45, 7) is -0.586. The minimum Gasteiger partial charge on any atom is -0.493 e. The van der Waals surface area contributed by atoms with Crippen molar-refractivity contribution >= 4 is 23.6 Å². The zero-order chi connectivity index (χ0) is 19.8. The molecule has 0 saturated carbocycles. The smallest absolute Gasteiger partial charge is 0.331 e. The largest absolute Gasteiger partial charge is 0.493 e. The molecule has 2 rings (SSSR count). The van der Waals surface area contributed by atoms with Crippen LogP contribution in [0.4, 0.5) is 14.5 Å². The molecule has 0 atom stereocenters. The van der Waals surface area contributed by atoms with Crippen molar-refractivity contribution < 1.29 is 32.6 Å². The number of rotatable bonds is 7. The number of carbonyl (C=O) groups is 2. The fourth-order valence-corrected chi connectivity index (χ4v) is 2.16. The van der Waals surface area contributed by atoms with E-state index in [-0.39, 0.29) is 5.69 Å². The van der Waals surface area contributed by atoms with Crippen LogP contribution < -0.4 is 14.8 Å². The minimum absolute atomic E-state index is 0.0478. The summed E-state index contributed by atoms with van der Waals surface area (Å²) in [5.74, 6) is -2.64. The molecule has 0 aliphatic rings. The lowest BCUT2D eigenvalue weighted by Crippen LogP contribution is -2.20. The molecule has 0 bridgehead atoms. The van der Waals surface area contributed by atoms with Crippen molar-refractivity contribution in [3.63, 3.8) is 0 Å². The number of hydrogen-bond donors (Lipinski definition) is 1. The van der Waals surface area contributed by atoms with Gasteiger partial charge in [-0.2, -0.15) is 0 Å². The van der Waals surface area contributed by atoms with E-state index in [0.29, 0.717) is 17.1 Å². The van der Waals surface area contributed by atoms with Crippen LogP contribution in [0.5, 0.6) is 11.5 Å². The molecule has 0 aliphatic heterocycles. The number of hydrogen-bond acceptors (Lipinski definition) is 5. The molecule has 0 heterocycles. The van der Waals surface area contributed by atoms with Crippen LogP contribution in [0.2, 0.25) is 0 Å². The van der Waals surface area contributed by atoms with Crippen molar-refractivity contribution in [2.24, 2.45) is 0 Å². The lowest BCUT2D eigenvalue weighted by Gasteiger charge is -2.09. The molecule has 0 aromatic heterocycles. The van der Waals surface area contributed by atoms with Gasteiger partial charge >= 0.3 is 5.97 Å². The topological polar surface area (TPSA) is 73.9 Å². The van der Waals surface area contributed by atoms with Crippen LogP contribution in [-0.4, -0.2) is 32.7 Å². The Morgan fingerprint density at radius 1 is 1.07 bits per heavy atom. The number of esters is 1. The standard InChI is InChI=1S/C19H17F2NO5/c1-25-16-5-3-4-12(19(16)26-2)6-9-18(24)27-11-17(23)22-13-7-8-14(20)15(21)10-13/h3-10H,11H2,1-2H3,(H,22,23)/b9-6+. The molecule has 0 saturated heterocycles. The highest BCUT2D eigenvalue weighted by Gasteiger charge is 2.10. The van der Waals surface area contributed by atoms with Gasteiger partial charge in [-0.05, 0) is 24.3 Å². The van der Waals surface area contributed by atoms with Crippen LogP contribution in [0.3, 0.4) is 0 Å². The summed E-state index contributed by atoms with van der Waals surface area (Å²) in [6, 6.07) is 8.03. The van der Waals surface area contributed by atoms with Crippen LogP contribution in [0.1, 0.15) is 5.56 Å². The number of carbonyl (C=O) groups excluding carboxylic acids is 2. The van der Waals surface area contributed by atoms with Gasteiger partial charge in [0.1, 0.15) is 0 Å². The van der Waals surface area contributed by atoms with Crippen molar-refractivity contribution in [1.82, 2.24) is 0 Å². The maximum atomic E-state index is 13.1. The Bertz CT molecular complexity index is 867. The normalized spacial score (nSPS) is 10.5. The first kappa shape index (κ1) is 19.9. The molecule has 0 fully saturated rings. The zero-order valence-corrected chi connectivity index (χ0v) is 14.6. The molecule has 142 valence electrons. The highest BCUT2D eigenvalue weighted by molar-refractivity contribution is 5.94. The van der Waals surface area contributed by atoms with Gasteiger partial charge in [-0.15, -0.1) is 0 Å². The number of para-hydroxylation sites is 1. The average molecular weight is 377 g/mol. The van der Waals surface area contributed by atoms with Crippen molar-refractivity contribution in [2.45, 2.75) is 0 Å². The van der Waals surface area contributed by atoms with Gasteiger partial charge in [-0.3, -0.25) is 4.79 Å². The van der Waals surface area contributed by atoms with Gasteiger partial charge in [0.25, 0.3) is 5.91 Å². The van der Waals surface area contributed by atoms with Gasteiger partial charge in [-0.1, -0.05) is 12.1 Å². The third kappa shape index (κ3) is 5.53. The van der Waals surface area contributed by atoms with Crippen molar-refractivity contribution in [2.75, 3.05) is 26.1 Å². The highest BCUT2D eigenvalue weighted by atomic mass is 19.2. The summed E-state index contributed by atoms with van der Waals surface area (Å²) >= 11 is 0. The first-order chi connectivity index (χ1) is 12.9. The van der Waals surface area contributed by atoms with Crippen LogP contribution in [0, 0.1) is 11.6 Å². The second-order valence-electron chi connectivity index (χ2n) is 5.20. The van der Waals surface area contributed by atoms with Gasteiger partial charge in [0.2, 0.25) is 0 Å². The molecule has 0 radical (unpaired) electrons. The second-order valence-corrected chi connectivity index (χ2v) is 5.20. The highest BCUT2D eigenvalue weighted by Crippen LogP contribution is 2.31. The summed E-state index contributed by atoms with van der Waals surface area (Å²) in [4.78, 5) is 23.5. The third-order valence-corrected chi connectivity index (χ3v) is 3.38. The monoisotopic (exact) mass is 377 g/mol. The Kier molecular flexibility index (Phi) is 6.87. The number of anilines is 1. The molecule has 2 aromatic rings. The Morgan fingerprint density at radius 2 is 1.85 bits per heavy atom. The van der Waals surface area contributed by atoms with Crippen molar-refractivity contribution in [1.29, 1.82) is 0 Å². The average Bonchev–Trinajstić information content (AvgIpc) is 2.67. The lowest BCUT2D eigenvalue weighted by atomic mass is 10.1. The van der Waals surface area contributed by atoms with Gasteiger partial charge < -0.3 is 19.5 Å². The van der Waals surface area contributed by atoms with E-state index in [1.165, 1.54) is 26.4 Å². The van der Waals surface area contributed by atoms with E-state index in [1.807, 2.05) is 0 Å². The quantitative estimate of drug-likeness (QED) is 0.593. The van der Waals surface area contributed by atoms with E-state index in [1.54, 1.807) is 18.2 Å². The maximum Gasteiger partial charge on any atom is 0.331 e. The first-order valence-corrected chi connectivity index (χ1v) is 7.75. The molecule has 8 heteroatoms. The van der Waals surface area contributed by atoms with Crippen LogP contribution >= 0.6 is 0 Å². The second kappa shape index (κ2) is 9.33. The Hall–Kier alpha value is -3.42. The summed E-state index contributed by atoms with van der Waals surface area (Å²) in [7, 11) is 2.96. The van der Waals surface area contributed by atoms with E-state index in [2.05, 4.69) is 5.32 Å². The molecule has 2 aromatic carbocycles.